The largest absolute Gasteiger partial charge is 0.368 e. The first-order chi connectivity index (χ1) is 16.7. The van der Waals surface area contributed by atoms with Gasteiger partial charge < -0.3 is 21.3 Å². The molecule has 0 fully saturated rings. The number of carbonyl (C=O) groups excluding carboxylic acids is 3. The molecular formula is C27H39N5O3. The lowest BCUT2D eigenvalue weighted by Gasteiger charge is -2.33. The van der Waals surface area contributed by atoms with E-state index in [9.17, 15) is 14.4 Å². The Labute approximate surface area is 208 Å². The summed E-state index contributed by atoms with van der Waals surface area (Å²) in [7, 11) is 1.90. The van der Waals surface area contributed by atoms with E-state index >= 15 is 0 Å². The van der Waals surface area contributed by atoms with Gasteiger partial charge in [-0.3, -0.25) is 19.3 Å². The van der Waals surface area contributed by atoms with Crippen LogP contribution in [0.15, 0.2) is 60.7 Å². The highest BCUT2D eigenvalue weighted by Gasteiger charge is 2.27. The SMILES string of the molecule is C[C@@H](c1ccccc1)N(C)CC(=O)N(CCCCN)CC(=O)N(CC(N)=O)[C@@H](C)c1ccccc1. The molecule has 4 N–H and O–H groups in total. The first-order valence-corrected chi connectivity index (χ1v) is 12.1. The van der Waals surface area contributed by atoms with Crippen LogP contribution in [-0.4, -0.2) is 72.2 Å². The molecule has 0 heterocycles. The summed E-state index contributed by atoms with van der Waals surface area (Å²) in [5.41, 5.74) is 13.1. The van der Waals surface area contributed by atoms with Crippen molar-refractivity contribution in [3.05, 3.63) is 71.8 Å². The number of likely N-dealkylation sites (N-methyl/N-ethyl adjacent to an activating group) is 1. The monoisotopic (exact) mass is 481 g/mol. The number of carbonyl (C=O) groups is 3. The summed E-state index contributed by atoms with van der Waals surface area (Å²) in [4.78, 5) is 43.4. The van der Waals surface area contributed by atoms with Crippen molar-refractivity contribution in [1.29, 1.82) is 0 Å². The molecular weight excluding hydrogens is 442 g/mol. The molecule has 2 rings (SSSR count). The predicted octanol–water partition coefficient (Wildman–Crippen LogP) is 2.32. The van der Waals surface area contributed by atoms with Crippen LogP contribution >= 0.6 is 0 Å². The summed E-state index contributed by atoms with van der Waals surface area (Å²) in [6.07, 6.45) is 1.44. The lowest BCUT2D eigenvalue weighted by Crippen LogP contribution is -2.48. The molecule has 0 aliphatic heterocycles. The molecule has 3 amide bonds. The molecule has 0 saturated heterocycles. The van der Waals surface area contributed by atoms with Crippen LogP contribution in [0.1, 0.15) is 49.9 Å². The number of primary amides is 1. The molecule has 0 radical (unpaired) electrons. The minimum Gasteiger partial charge on any atom is -0.368 e. The van der Waals surface area contributed by atoms with E-state index in [4.69, 9.17) is 11.5 Å². The third-order valence-electron chi connectivity index (χ3n) is 6.28. The molecule has 0 spiro atoms. The predicted molar refractivity (Wildman–Crippen MR) is 138 cm³/mol. The Morgan fingerprint density at radius 2 is 1.31 bits per heavy atom. The topological polar surface area (TPSA) is 113 Å². The summed E-state index contributed by atoms with van der Waals surface area (Å²) in [6.45, 7) is 4.65. The second-order valence-electron chi connectivity index (χ2n) is 8.89. The second-order valence-corrected chi connectivity index (χ2v) is 8.89. The molecule has 2 aromatic rings. The summed E-state index contributed by atoms with van der Waals surface area (Å²) < 4.78 is 0. The summed E-state index contributed by atoms with van der Waals surface area (Å²) >= 11 is 0. The summed E-state index contributed by atoms with van der Waals surface area (Å²) in [6, 6.07) is 19.1. The van der Waals surface area contributed by atoms with Crippen LogP contribution in [0.5, 0.6) is 0 Å². The van der Waals surface area contributed by atoms with E-state index in [-0.39, 0.29) is 43.5 Å². The average Bonchev–Trinajstić information content (AvgIpc) is 2.86. The Kier molecular flexibility index (Phi) is 11.4. The normalized spacial score (nSPS) is 12.7. The Balaban J connectivity index is 2.15. The summed E-state index contributed by atoms with van der Waals surface area (Å²) in [5, 5.41) is 0. The molecule has 190 valence electrons. The third-order valence-corrected chi connectivity index (χ3v) is 6.28. The van der Waals surface area contributed by atoms with Gasteiger partial charge in [0, 0.05) is 12.6 Å². The minimum absolute atomic E-state index is 0.0335. The molecule has 0 aromatic heterocycles. The standard InChI is InChI=1S/C27H39N5O3/c1-21(23-12-6-4-7-13-23)30(3)19-26(34)31(17-11-10-16-28)20-27(35)32(18-25(29)33)22(2)24-14-8-5-9-15-24/h4-9,12-15,21-22H,10-11,16-20,28H2,1-3H3,(H2,29,33)/t21-,22-/m0/s1. The molecule has 8 heteroatoms. The number of hydrogen-bond acceptors (Lipinski definition) is 5. The quantitative estimate of drug-likeness (QED) is 0.402. The van der Waals surface area contributed by atoms with Gasteiger partial charge in [0.1, 0.15) is 0 Å². The fourth-order valence-corrected chi connectivity index (χ4v) is 3.95. The van der Waals surface area contributed by atoms with Crippen molar-refractivity contribution in [2.24, 2.45) is 11.5 Å². The van der Waals surface area contributed by atoms with Gasteiger partial charge in [0.25, 0.3) is 0 Å². The highest BCUT2D eigenvalue weighted by molar-refractivity contribution is 5.88. The Hall–Kier alpha value is -3.23. The van der Waals surface area contributed by atoms with Gasteiger partial charge in [0.2, 0.25) is 17.7 Å². The zero-order valence-electron chi connectivity index (χ0n) is 21.1. The molecule has 2 atom stereocenters. The first-order valence-electron chi connectivity index (χ1n) is 12.1. The van der Waals surface area contributed by atoms with Gasteiger partial charge in [-0.1, -0.05) is 60.7 Å². The lowest BCUT2D eigenvalue weighted by atomic mass is 10.1. The van der Waals surface area contributed by atoms with E-state index in [0.717, 1.165) is 17.5 Å². The van der Waals surface area contributed by atoms with Crippen LogP contribution in [0.3, 0.4) is 0 Å². The van der Waals surface area contributed by atoms with Crippen LogP contribution < -0.4 is 11.5 Å². The maximum atomic E-state index is 13.4. The number of unbranched alkanes of at least 4 members (excludes halogenated alkanes) is 1. The Bertz CT molecular complexity index is 938. The Morgan fingerprint density at radius 3 is 1.83 bits per heavy atom. The van der Waals surface area contributed by atoms with Crippen molar-refractivity contribution < 1.29 is 14.4 Å². The second kappa shape index (κ2) is 14.2. The van der Waals surface area contributed by atoms with Gasteiger partial charge in [-0.2, -0.15) is 0 Å². The maximum Gasteiger partial charge on any atom is 0.243 e. The zero-order valence-corrected chi connectivity index (χ0v) is 21.1. The molecule has 0 bridgehead atoms. The van der Waals surface area contributed by atoms with E-state index in [1.165, 1.54) is 4.90 Å². The van der Waals surface area contributed by atoms with Crippen molar-refractivity contribution in [3.8, 4) is 0 Å². The van der Waals surface area contributed by atoms with Gasteiger partial charge >= 0.3 is 0 Å². The van der Waals surface area contributed by atoms with Crippen molar-refractivity contribution in [1.82, 2.24) is 14.7 Å². The van der Waals surface area contributed by atoms with Crippen LogP contribution in [0, 0.1) is 0 Å². The van der Waals surface area contributed by atoms with Gasteiger partial charge in [-0.05, 0) is 51.4 Å². The lowest BCUT2D eigenvalue weighted by molar-refractivity contribution is -0.144. The number of nitrogens with zero attached hydrogens (tertiary/aromatic N) is 3. The van der Waals surface area contributed by atoms with E-state index < -0.39 is 5.91 Å². The smallest absolute Gasteiger partial charge is 0.243 e. The van der Waals surface area contributed by atoms with Crippen LogP contribution in [0.2, 0.25) is 0 Å². The average molecular weight is 482 g/mol. The van der Waals surface area contributed by atoms with Crippen LogP contribution in [0.25, 0.3) is 0 Å². The highest BCUT2D eigenvalue weighted by Crippen LogP contribution is 2.21. The van der Waals surface area contributed by atoms with E-state index in [1.807, 2.05) is 86.5 Å². The van der Waals surface area contributed by atoms with Crippen molar-refractivity contribution in [2.45, 2.75) is 38.8 Å². The molecule has 0 aliphatic rings. The Morgan fingerprint density at radius 1 is 0.771 bits per heavy atom. The molecule has 2 aromatic carbocycles. The van der Waals surface area contributed by atoms with Crippen LogP contribution in [0.4, 0.5) is 0 Å². The first kappa shape index (κ1) is 28.0. The summed E-state index contributed by atoms with van der Waals surface area (Å²) in [5.74, 6) is -1.06. The highest BCUT2D eigenvalue weighted by atomic mass is 16.2. The van der Waals surface area contributed by atoms with Gasteiger partial charge in [-0.25, -0.2) is 0 Å². The molecule has 0 aliphatic carbocycles. The maximum absolute atomic E-state index is 13.4. The molecule has 35 heavy (non-hydrogen) atoms. The minimum atomic E-state index is -0.599. The molecule has 0 saturated carbocycles. The van der Waals surface area contributed by atoms with Gasteiger partial charge in [0.15, 0.2) is 0 Å². The number of benzene rings is 2. The van der Waals surface area contributed by atoms with Gasteiger partial charge in [-0.15, -0.1) is 0 Å². The van der Waals surface area contributed by atoms with E-state index in [1.54, 1.807) is 4.90 Å². The molecule has 8 nitrogen and oxygen atoms in total. The fourth-order valence-electron chi connectivity index (χ4n) is 3.95. The van der Waals surface area contributed by atoms with Crippen molar-refractivity contribution in [2.75, 3.05) is 39.8 Å². The van der Waals surface area contributed by atoms with Gasteiger partial charge in [0.05, 0.1) is 25.7 Å². The fraction of sp³-hybridized carbons (Fsp3) is 0.444. The van der Waals surface area contributed by atoms with Crippen molar-refractivity contribution in [3.63, 3.8) is 0 Å². The zero-order chi connectivity index (χ0) is 25.8. The number of rotatable bonds is 14. The van der Waals surface area contributed by atoms with E-state index in [2.05, 4.69) is 0 Å². The van der Waals surface area contributed by atoms with Crippen molar-refractivity contribution >= 4 is 17.7 Å². The van der Waals surface area contributed by atoms with E-state index in [0.29, 0.717) is 19.5 Å². The molecule has 0 unspecified atom stereocenters. The van der Waals surface area contributed by atoms with Crippen LogP contribution in [-0.2, 0) is 14.4 Å². The number of hydrogen-bond donors (Lipinski definition) is 2. The number of nitrogens with two attached hydrogens (primary N) is 2. The number of amides is 3. The third kappa shape index (κ3) is 8.81.